The van der Waals surface area contributed by atoms with E-state index in [1.807, 2.05) is 0 Å². The van der Waals surface area contributed by atoms with E-state index in [0.717, 1.165) is 7.11 Å². The zero-order chi connectivity index (χ0) is 12.0. The number of hydrogen-bond acceptors (Lipinski definition) is 1. The zero-order valence-corrected chi connectivity index (χ0v) is 8.70. The van der Waals surface area contributed by atoms with Gasteiger partial charge in [-0.05, 0) is 0 Å². The van der Waals surface area contributed by atoms with Gasteiger partial charge in [0.1, 0.15) is 0 Å². The van der Waals surface area contributed by atoms with Crippen molar-refractivity contribution in [1.82, 2.24) is 0 Å². The molecule has 1 rings (SSSR count). The number of halogens is 4. The van der Waals surface area contributed by atoms with E-state index in [2.05, 4.69) is 18.6 Å². The SMILES string of the molecule is CCC.COc1c(F)c(F)cc(F)c1F. The molecule has 1 aromatic carbocycles. The summed E-state index contributed by atoms with van der Waals surface area (Å²) in [6.07, 6.45) is 1.25. The summed E-state index contributed by atoms with van der Waals surface area (Å²) >= 11 is 0. The van der Waals surface area contributed by atoms with Crippen molar-refractivity contribution < 1.29 is 22.3 Å². The van der Waals surface area contributed by atoms with E-state index in [-0.39, 0.29) is 6.07 Å². The number of ether oxygens (including phenoxy) is 1. The summed E-state index contributed by atoms with van der Waals surface area (Å²) in [6, 6.07) is 0.118. The Morgan fingerprint density at radius 2 is 1.33 bits per heavy atom. The summed E-state index contributed by atoms with van der Waals surface area (Å²) < 4.78 is 53.9. The average Bonchev–Trinajstić information content (AvgIpc) is 2.17. The fourth-order valence-corrected chi connectivity index (χ4v) is 0.730. The van der Waals surface area contributed by atoms with Crippen molar-refractivity contribution in [2.45, 2.75) is 20.3 Å². The van der Waals surface area contributed by atoms with Crippen LogP contribution in [0, 0.1) is 23.3 Å². The Balaban J connectivity index is 0.000000583. The van der Waals surface area contributed by atoms with Gasteiger partial charge in [0.2, 0.25) is 11.6 Å². The molecule has 0 saturated carbocycles. The fraction of sp³-hybridized carbons (Fsp3) is 0.400. The topological polar surface area (TPSA) is 9.23 Å². The van der Waals surface area contributed by atoms with Crippen molar-refractivity contribution in [2.24, 2.45) is 0 Å². The van der Waals surface area contributed by atoms with Crippen molar-refractivity contribution in [3.8, 4) is 5.75 Å². The summed E-state index contributed by atoms with van der Waals surface area (Å²) in [4.78, 5) is 0. The largest absolute Gasteiger partial charge is 0.491 e. The van der Waals surface area contributed by atoms with Crippen LogP contribution in [0.1, 0.15) is 20.3 Å². The monoisotopic (exact) mass is 224 g/mol. The molecule has 0 aliphatic carbocycles. The molecule has 0 radical (unpaired) electrons. The molecular formula is C10H12F4O. The molecule has 0 heterocycles. The van der Waals surface area contributed by atoms with Crippen LogP contribution in [0.5, 0.6) is 5.75 Å². The van der Waals surface area contributed by atoms with Crippen LogP contribution in [-0.2, 0) is 0 Å². The Labute approximate surface area is 85.7 Å². The number of benzene rings is 1. The van der Waals surface area contributed by atoms with Crippen molar-refractivity contribution in [2.75, 3.05) is 7.11 Å². The van der Waals surface area contributed by atoms with E-state index in [4.69, 9.17) is 0 Å². The average molecular weight is 224 g/mol. The van der Waals surface area contributed by atoms with Crippen LogP contribution in [0.15, 0.2) is 6.07 Å². The predicted octanol–water partition coefficient (Wildman–Crippen LogP) is 3.67. The predicted molar refractivity (Wildman–Crippen MR) is 48.8 cm³/mol. The minimum atomic E-state index is -1.53. The minimum absolute atomic E-state index is 0.118. The minimum Gasteiger partial charge on any atom is -0.491 e. The van der Waals surface area contributed by atoms with Crippen LogP contribution in [0.3, 0.4) is 0 Å². The molecule has 0 spiro atoms. The van der Waals surface area contributed by atoms with E-state index in [9.17, 15) is 17.6 Å². The maximum Gasteiger partial charge on any atom is 0.203 e. The van der Waals surface area contributed by atoms with Gasteiger partial charge in [-0.1, -0.05) is 20.3 Å². The third kappa shape index (κ3) is 3.42. The van der Waals surface area contributed by atoms with E-state index in [0.29, 0.717) is 0 Å². The third-order valence-electron chi connectivity index (χ3n) is 1.28. The van der Waals surface area contributed by atoms with Crippen molar-refractivity contribution >= 4 is 0 Å². The maximum atomic E-state index is 12.5. The van der Waals surface area contributed by atoms with E-state index in [1.54, 1.807) is 0 Å². The Kier molecular flexibility index (Phi) is 5.74. The van der Waals surface area contributed by atoms with Gasteiger partial charge in [-0.15, -0.1) is 0 Å². The van der Waals surface area contributed by atoms with Gasteiger partial charge >= 0.3 is 0 Å². The molecular weight excluding hydrogens is 212 g/mol. The zero-order valence-electron chi connectivity index (χ0n) is 8.70. The van der Waals surface area contributed by atoms with Crippen LogP contribution >= 0.6 is 0 Å². The number of methoxy groups -OCH3 is 1. The molecule has 15 heavy (non-hydrogen) atoms. The molecule has 5 heteroatoms. The number of hydrogen-bond donors (Lipinski definition) is 0. The first-order valence-corrected chi connectivity index (χ1v) is 4.36. The first kappa shape index (κ1) is 13.7. The van der Waals surface area contributed by atoms with E-state index >= 15 is 0 Å². The van der Waals surface area contributed by atoms with Gasteiger partial charge in [0.15, 0.2) is 17.4 Å². The fourth-order valence-electron chi connectivity index (χ4n) is 0.730. The second kappa shape index (κ2) is 6.27. The van der Waals surface area contributed by atoms with Crippen molar-refractivity contribution in [3.63, 3.8) is 0 Å². The van der Waals surface area contributed by atoms with Gasteiger partial charge in [0.05, 0.1) is 7.11 Å². The third-order valence-corrected chi connectivity index (χ3v) is 1.28. The Bertz CT molecular complexity index is 299. The summed E-state index contributed by atoms with van der Waals surface area (Å²) in [5, 5.41) is 0. The first-order chi connectivity index (χ1) is 6.99. The lowest BCUT2D eigenvalue weighted by Crippen LogP contribution is -1.98. The normalized spacial score (nSPS) is 9.27. The molecule has 0 unspecified atom stereocenters. The second-order valence-electron chi connectivity index (χ2n) is 2.71. The first-order valence-electron chi connectivity index (χ1n) is 4.36. The molecule has 0 fully saturated rings. The van der Waals surface area contributed by atoms with E-state index in [1.165, 1.54) is 6.42 Å². The number of rotatable bonds is 1. The second-order valence-corrected chi connectivity index (χ2v) is 2.71. The van der Waals surface area contributed by atoms with Gasteiger partial charge < -0.3 is 4.74 Å². The standard InChI is InChI=1S/C7H4F4O.C3H8/c1-12-7-5(10)3(8)2-4(9)6(7)11;1-3-2/h2H,1H3;3H2,1-2H3. The molecule has 0 atom stereocenters. The summed E-state index contributed by atoms with van der Waals surface area (Å²) in [7, 11) is 0.917. The molecule has 0 aliphatic rings. The molecule has 1 aromatic rings. The summed E-state index contributed by atoms with van der Waals surface area (Å²) in [6.45, 7) is 4.25. The molecule has 0 saturated heterocycles. The van der Waals surface area contributed by atoms with Gasteiger partial charge in [-0.25, -0.2) is 8.78 Å². The van der Waals surface area contributed by atoms with Crippen LogP contribution in [0.2, 0.25) is 0 Å². The Hall–Kier alpha value is -1.26. The highest BCUT2D eigenvalue weighted by molar-refractivity contribution is 5.28. The summed E-state index contributed by atoms with van der Waals surface area (Å²) in [5.41, 5.74) is 0. The van der Waals surface area contributed by atoms with Crippen LogP contribution < -0.4 is 4.74 Å². The van der Waals surface area contributed by atoms with Gasteiger partial charge in [-0.2, -0.15) is 8.78 Å². The molecule has 0 aliphatic heterocycles. The Morgan fingerprint density at radius 3 is 1.60 bits per heavy atom. The molecule has 0 N–H and O–H groups in total. The smallest absolute Gasteiger partial charge is 0.203 e. The van der Waals surface area contributed by atoms with Crippen LogP contribution in [-0.4, -0.2) is 7.11 Å². The van der Waals surface area contributed by atoms with Crippen LogP contribution in [0.4, 0.5) is 17.6 Å². The molecule has 0 bridgehead atoms. The highest BCUT2D eigenvalue weighted by Crippen LogP contribution is 2.25. The van der Waals surface area contributed by atoms with Gasteiger partial charge in [0.25, 0.3) is 0 Å². The lowest BCUT2D eigenvalue weighted by atomic mass is 10.3. The lowest BCUT2D eigenvalue weighted by Gasteiger charge is -2.03. The van der Waals surface area contributed by atoms with E-state index < -0.39 is 29.0 Å². The molecule has 0 aromatic heterocycles. The lowest BCUT2D eigenvalue weighted by molar-refractivity contribution is 0.332. The highest BCUT2D eigenvalue weighted by Gasteiger charge is 2.19. The molecule has 1 nitrogen and oxygen atoms in total. The maximum absolute atomic E-state index is 12.5. The summed E-state index contributed by atoms with van der Waals surface area (Å²) in [5.74, 6) is -7.07. The van der Waals surface area contributed by atoms with Crippen LogP contribution in [0.25, 0.3) is 0 Å². The van der Waals surface area contributed by atoms with Gasteiger partial charge in [0, 0.05) is 6.07 Å². The van der Waals surface area contributed by atoms with Gasteiger partial charge in [-0.3, -0.25) is 0 Å². The Morgan fingerprint density at radius 1 is 1.00 bits per heavy atom. The highest BCUT2D eigenvalue weighted by atomic mass is 19.2. The molecule has 86 valence electrons. The van der Waals surface area contributed by atoms with Crippen molar-refractivity contribution in [1.29, 1.82) is 0 Å². The van der Waals surface area contributed by atoms with Crippen molar-refractivity contribution in [3.05, 3.63) is 29.3 Å². The molecule has 0 amide bonds. The quantitative estimate of drug-likeness (QED) is 0.522.